The zero-order valence-corrected chi connectivity index (χ0v) is 11.1. The minimum atomic E-state index is 0.0315. The van der Waals surface area contributed by atoms with E-state index in [4.69, 9.17) is 9.47 Å². The van der Waals surface area contributed by atoms with Crippen molar-refractivity contribution < 1.29 is 9.47 Å². The molecule has 2 nitrogen and oxygen atoms in total. The molecule has 4 rings (SSSR count). The second-order valence-corrected chi connectivity index (χ2v) is 7.02. The summed E-state index contributed by atoms with van der Waals surface area (Å²) in [5.74, 6) is 0. The maximum Gasteiger partial charge on any atom is 0.130 e. The molecule has 2 aliphatic carbocycles. The van der Waals surface area contributed by atoms with E-state index in [0.717, 1.165) is 6.61 Å². The zero-order valence-electron chi connectivity index (χ0n) is 11.1. The second-order valence-electron chi connectivity index (χ2n) is 7.02. The average Bonchev–Trinajstić information content (AvgIpc) is 2.76. The van der Waals surface area contributed by atoms with Gasteiger partial charge in [-0.25, -0.2) is 0 Å². The van der Waals surface area contributed by atoms with E-state index in [2.05, 4.69) is 20.8 Å². The molecule has 4 aliphatic rings. The maximum absolute atomic E-state index is 6.13. The molecule has 0 aromatic heterocycles. The summed E-state index contributed by atoms with van der Waals surface area (Å²) in [5, 5.41) is 0. The van der Waals surface area contributed by atoms with Gasteiger partial charge in [-0.1, -0.05) is 12.5 Å². The van der Waals surface area contributed by atoms with Crippen LogP contribution in [0.5, 0.6) is 0 Å². The fourth-order valence-electron chi connectivity index (χ4n) is 4.79. The molecule has 1 spiro atoms. The SMILES string of the molecule is CC1=C2C3OCC4(C)OC34CC[C@]2(C)CCC1. The third kappa shape index (κ3) is 1.05. The van der Waals surface area contributed by atoms with Crippen molar-refractivity contribution in [2.24, 2.45) is 5.41 Å². The lowest BCUT2D eigenvalue weighted by molar-refractivity contribution is -0.0275. The smallest absolute Gasteiger partial charge is 0.130 e. The van der Waals surface area contributed by atoms with Crippen LogP contribution in [0.15, 0.2) is 11.1 Å². The van der Waals surface area contributed by atoms with Gasteiger partial charge in [-0.05, 0) is 56.9 Å². The van der Waals surface area contributed by atoms with Gasteiger partial charge in [-0.2, -0.15) is 0 Å². The van der Waals surface area contributed by atoms with E-state index in [1.165, 1.54) is 32.1 Å². The van der Waals surface area contributed by atoms with Crippen molar-refractivity contribution in [3.63, 3.8) is 0 Å². The number of rotatable bonds is 0. The normalized spacial score (nSPS) is 56.3. The van der Waals surface area contributed by atoms with E-state index >= 15 is 0 Å². The first-order chi connectivity index (χ1) is 8.01. The third-order valence-electron chi connectivity index (χ3n) is 5.91. The van der Waals surface area contributed by atoms with Gasteiger partial charge in [0.2, 0.25) is 0 Å². The van der Waals surface area contributed by atoms with Gasteiger partial charge in [0.05, 0.1) is 6.61 Å². The van der Waals surface area contributed by atoms with Gasteiger partial charge in [0.15, 0.2) is 0 Å². The number of fused-ring (bicyclic) bond motifs is 2. The molecule has 2 saturated heterocycles. The lowest BCUT2D eigenvalue weighted by Crippen LogP contribution is -2.45. The number of allylic oxidation sites excluding steroid dienone is 1. The molecule has 3 unspecified atom stereocenters. The highest BCUT2D eigenvalue weighted by molar-refractivity contribution is 5.40. The van der Waals surface area contributed by atoms with E-state index in [1.54, 1.807) is 11.1 Å². The van der Waals surface area contributed by atoms with Crippen LogP contribution in [0.1, 0.15) is 52.9 Å². The summed E-state index contributed by atoms with van der Waals surface area (Å²) in [6, 6.07) is 0. The Balaban J connectivity index is 1.83. The van der Waals surface area contributed by atoms with Crippen LogP contribution in [-0.2, 0) is 9.47 Å². The standard InChI is InChI=1S/C15H22O2/c1-10-5-4-6-13(2)7-8-15-12(11(10)13)16-9-14(15,3)17-15/h12H,4-9H2,1-3H3/t12?,13-,14?,15?/m0/s1. The number of hydrogen-bond acceptors (Lipinski definition) is 2. The Bertz CT molecular complexity index is 427. The Kier molecular flexibility index (Phi) is 1.74. The summed E-state index contributed by atoms with van der Waals surface area (Å²) < 4.78 is 12.2. The quantitative estimate of drug-likeness (QED) is 0.474. The van der Waals surface area contributed by atoms with Crippen molar-refractivity contribution in [1.29, 1.82) is 0 Å². The van der Waals surface area contributed by atoms with Gasteiger partial charge in [-0.3, -0.25) is 0 Å². The number of epoxide rings is 1. The van der Waals surface area contributed by atoms with Crippen molar-refractivity contribution in [3.05, 3.63) is 11.1 Å². The molecule has 3 fully saturated rings. The Morgan fingerprint density at radius 1 is 1.18 bits per heavy atom. The monoisotopic (exact) mass is 234 g/mol. The summed E-state index contributed by atoms with van der Waals surface area (Å²) in [6.07, 6.45) is 6.70. The van der Waals surface area contributed by atoms with Gasteiger partial charge < -0.3 is 9.47 Å². The minimum absolute atomic E-state index is 0.0315. The van der Waals surface area contributed by atoms with Gasteiger partial charge >= 0.3 is 0 Å². The molecule has 0 radical (unpaired) electrons. The highest BCUT2D eigenvalue weighted by Gasteiger charge is 2.78. The third-order valence-corrected chi connectivity index (χ3v) is 5.91. The van der Waals surface area contributed by atoms with Crippen LogP contribution in [0.2, 0.25) is 0 Å². The Labute approximate surface area is 103 Å². The van der Waals surface area contributed by atoms with Crippen LogP contribution in [-0.4, -0.2) is 23.9 Å². The first-order valence-electron chi connectivity index (χ1n) is 7.03. The van der Waals surface area contributed by atoms with Crippen molar-refractivity contribution in [2.75, 3.05) is 6.61 Å². The highest BCUT2D eigenvalue weighted by atomic mass is 16.7. The number of ether oxygens (including phenoxy) is 2. The van der Waals surface area contributed by atoms with E-state index in [1.807, 2.05) is 0 Å². The zero-order chi connectivity index (χ0) is 11.9. The van der Waals surface area contributed by atoms with Crippen molar-refractivity contribution in [1.82, 2.24) is 0 Å². The average molecular weight is 234 g/mol. The van der Waals surface area contributed by atoms with Crippen LogP contribution in [0.3, 0.4) is 0 Å². The van der Waals surface area contributed by atoms with E-state index in [0.29, 0.717) is 5.41 Å². The molecule has 17 heavy (non-hydrogen) atoms. The van der Waals surface area contributed by atoms with E-state index in [9.17, 15) is 0 Å². The van der Waals surface area contributed by atoms with Crippen molar-refractivity contribution >= 4 is 0 Å². The molecule has 0 amide bonds. The fraction of sp³-hybridized carbons (Fsp3) is 0.867. The van der Waals surface area contributed by atoms with Crippen molar-refractivity contribution in [2.45, 2.75) is 70.2 Å². The Morgan fingerprint density at radius 3 is 2.76 bits per heavy atom. The molecule has 2 heteroatoms. The molecule has 94 valence electrons. The van der Waals surface area contributed by atoms with Gasteiger partial charge in [0.1, 0.15) is 17.3 Å². The molecule has 0 aromatic carbocycles. The van der Waals surface area contributed by atoms with Gasteiger partial charge in [0, 0.05) is 0 Å². The number of hydrogen-bond donors (Lipinski definition) is 0. The molecule has 0 bridgehead atoms. The van der Waals surface area contributed by atoms with Crippen LogP contribution in [0, 0.1) is 5.41 Å². The van der Waals surface area contributed by atoms with Gasteiger partial charge in [0.25, 0.3) is 0 Å². The van der Waals surface area contributed by atoms with Crippen LogP contribution >= 0.6 is 0 Å². The molecular weight excluding hydrogens is 212 g/mol. The molecule has 2 aliphatic heterocycles. The van der Waals surface area contributed by atoms with E-state index < -0.39 is 0 Å². The lowest BCUT2D eigenvalue weighted by atomic mass is 9.59. The fourth-order valence-corrected chi connectivity index (χ4v) is 4.79. The minimum Gasteiger partial charge on any atom is -0.368 e. The molecular formula is C15H22O2. The molecule has 0 aromatic rings. The Morgan fingerprint density at radius 2 is 2.00 bits per heavy atom. The second kappa shape index (κ2) is 2.80. The largest absolute Gasteiger partial charge is 0.368 e. The molecule has 0 N–H and O–H groups in total. The highest BCUT2D eigenvalue weighted by Crippen LogP contribution is 2.67. The van der Waals surface area contributed by atoms with Gasteiger partial charge in [-0.15, -0.1) is 0 Å². The van der Waals surface area contributed by atoms with Crippen LogP contribution in [0.25, 0.3) is 0 Å². The van der Waals surface area contributed by atoms with Crippen LogP contribution in [0.4, 0.5) is 0 Å². The summed E-state index contributed by atoms with van der Waals surface area (Å²) in [4.78, 5) is 0. The molecule has 1 saturated carbocycles. The first-order valence-corrected chi connectivity index (χ1v) is 7.03. The van der Waals surface area contributed by atoms with Crippen LogP contribution < -0.4 is 0 Å². The summed E-state index contributed by atoms with van der Waals surface area (Å²) in [6.45, 7) is 7.78. The predicted molar refractivity (Wildman–Crippen MR) is 65.9 cm³/mol. The maximum atomic E-state index is 6.13. The Hall–Kier alpha value is -0.340. The first kappa shape index (κ1) is 10.6. The predicted octanol–water partition coefficient (Wildman–Crippen LogP) is 3.21. The summed E-state index contributed by atoms with van der Waals surface area (Å²) in [5.41, 5.74) is 3.68. The molecule has 2 heterocycles. The summed E-state index contributed by atoms with van der Waals surface area (Å²) >= 11 is 0. The summed E-state index contributed by atoms with van der Waals surface area (Å²) in [7, 11) is 0. The lowest BCUT2D eigenvalue weighted by Gasteiger charge is -2.46. The van der Waals surface area contributed by atoms with E-state index in [-0.39, 0.29) is 17.3 Å². The molecule has 4 atom stereocenters. The topological polar surface area (TPSA) is 21.8 Å². The van der Waals surface area contributed by atoms with Crippen molar-refractivity contribution in [3.8, 4) is 0 Å².